The smallest absolute Gasteiger partial charge is 0.308 e. The Bertz CT molecular complexity index is 1110. The van der Waals surface area contributed by atoms with Crippen LogP contribution in [-0.2, 0) is 19.2 Å². The lowest BCUT2D eigenvalue weighted by molar-refractivity contribution is -0.198. The summed E-state index contributed by atoms with van der Waals surface area (Å²) < 4.78 is 0. The van der Waals surface area contributed by atoms with Crippen molar-refractivity contribution in [2.45, 2.75) is 26.7 Å². The van der Waals surface area contributed by atoms with Gasteiger partial charge in [0.15, 0.2) is 0 Å². The van der Waals surface area contributed by atoms with Gasteiger partial charge in [-0.25, -0.2) is 0 Å². The first kappa shape index (κ1) is 25.2. The Hall–Kier alpha value is -3.94. The van der Waals surface area contributed by atoms with E-state index in [-0.39, 0.29) is 12.8 Å². The maximum absolute atomic E-state index is 12.9. The van der Waals surface area contributed by atoms with Crippen LogP contribution < -0.4 is 0 Å². The molecule has 0 spiro atoms. The molecule has 36 heavy (non-hydrogen) atoms. The van der Waals surface area contributed by atoms with Gasteiger partial charge in [0.25, 0.3) is 0 Å². The van der Waals surface area contributed by atoms with Gasteiger partial charge in [-0.2, -0.15) is 0 Å². The molecule has 0 radical (unpaired) electrons. The third kappa shape index (κ3) is 3.13. The van der Waals surface area contributed by atoms with Crippen molar-refractivity contribution in [3.05, 3.63) is 71.8 Å². The molecule has 2 bridgehead atoms. The monoisotopic (exact) mass is 492 g/mol. The highest BCUT2D eigenvalue weighted by Gasteiger charge is 2.77. The van der Waals surface area contributed by atoms with Gasteiger partial charge in [0.05, 0.1) is 23.7 Å². The molecule has 8 nitrogen and oxygen atoms in total. The molecule has 5 rings (SSSR count). The average molecular weight is 493 g/mol. The highest BCUT2D eigenvalue weighted by Crippen LogP contribution is 2.75. The normalized spacial score (nSPS) is 31.2. The third-order valence-corrected chi connectivity index (χ3v) is 8.43. The zero-order valence-corrected chi connectivity index (χ0v) is 19.9. The lowest BCUT2D eigenvalue weighted by atomic mass is 9.34. The molecule has 1 saturated carbocycles. The molecule has 1 fully saturated rings. The van der Waals surface area contributed by atoms with Crippen molar-refractivity contribution < 1.29 is 39.6 Å². The van der Waals surface area contributed by atoms with E-state index in [1.54, 1.807) is 74.5 Å². The number of carbonyl (C=O) groups is 4. The number of rotatable bonds is 8. The highest BCUT2D eigenvalue weighted by atomic mass is 16.4. The summed E-state index contributed by atoms with van der Waals surface area (Å²) >= 11 is 0. The fraction of sp³-hybridized carbons (Fsp3) is 0.357. The Morgan fingerprint density at radius 2 is 0.806 bits per heavy atom. The van der Waals surface area contributed by atoms with E-state index in [1.807, 2.05) is 0 Å². The van der Waals surface area contributed by atoms with E-state index in [0.29, 0.717) is 22.3 Å². The van der Waals surface area contributed by atoms with E-state index >= 15 is 0 Å². The Kier molecular flexibility index (Phi) is 6.24. The molecule has 4 unspecified atom stereocenters. The lowest BCUT2D eigenvalue weighted by Crippen LogP contribution is -2.70. The maximum Gasteiger partial charge on any atom is 0.308 e. The molecule has 0 aliphatic heterocycles. The molecule has 0 amide bonds. The molecule has 0 saturated heterocycles. The zero-order chi connectivity index (χ0) is 26.4. The van der Waals surface area contributed by atoms with Crippen LogP contribution in [0.3, 0.4) is 0 Å². The van der Waals surface area contributed by atoms with Crippen molar-refractivity contribution in [2.75, 3.05) is 0 Å². The summed E-state index contributed by atoms with van der Waals surface area (Å²) in [6.07, 6.45) is -0.149. The molecule has 0 aromatic heterocycles. The molecule has 8 heteroatoms. The Morgan fingerprint density at radius 1 is 0.556 bits per heavy atom. The van der Waals surface area contributed by atoms with Crippen LogP contribution in [0.2, 0.25) is 0 Å². The quantitative estimate of drug-likeness (QED) is 0.428. The standard InChI is InChI=1S/C28H28O8/c1-3-27-17(15-11-7-5-8-12-15)18(16-13-9-6-10-14-16)28(4-2,21(25(33)34)19(27)23(29)30)22(26(35)36)20(27)24(31)32/h5-14,19-22H,3-4H2,1-2H3,(H,29,30)(H,31,32)(H,33,34)(H,35,36). The highest BCUT2D eigenvalue weighted by molar-refractivity contribution is 6.08. The summed E-state index contributed by atoms with van der Waals surface area (Å²) in [5, 5.41) is 42.0. The average Bonchev–Trinajstić information content (AvgIpc) is 2.87. The van der Waals surface area contributed by atoms with E-state index in [4.69, 9.17) is 0 Å². The fourth-order valence-corrected chi connectivity index (χ4v) is 7.38. The van der Waals surface area contributed by atoms with Gasteiger partial charge in [0.2, 0.25) is 0 Å². The summed E-state index contributed by atoms with van der Waals surface area (Å²) in [7, 11) is 0. The second kappa shape index (κ2) is 8.93. The molecular formula is C28H28O8. The molecule has 0 heterocycles. The van der Waals surface area contributed by atoms with E-state index in [9.17, 15) is 39.6 Å². The van der Waals surface area contributed by atoms with Crippen LogP contribution in [0.1, 0.15) is 37.8 Å². The Balaban J connectivity index is 2.36. The van der Waals surface area contributed by atoms with E-state index in [1.165, 1.54) is 0 Å². The topological polar surface area (TPSA) is 149 Å². The summed E-state index contributed by atoms with van der Waals surface area (Å²) in [5.74, 6) is -12.4. The van der Waals surface area contributed by atoms with Gasteiger partial charge >= 0.3 is 23.9 Å². The maximum atomic E-state index is 12.9. The van der Waals surface area contributed by atoms with Gasteiger partial charge in [0, 0.05) is 10.8 Å². The van der Waals surface area contributed by atoms with Crippen LogP contribution in [0.25, 0.3) is 11.1 Å². The van der Waals surface area contributed by atoms with E-state index < -0.39 is 58.4 Å². The SMILES string of the molecule is CCC12C(c3ccccc3)=C(c3ccccc3)C(CC)(C(C(=O)O)C1C(=O)O)C(C(=O)O)C2C(=O)O. The predicted molar refractivity (Wildman–Crippen MR) is 130 cm³/mol. The van der Waals surface area contributed by atoms with Crippen LogP contribution in [0.4, 0.5) is 0 Å². The van der Waals surface area contributed by atoms with Gasteiger partial charge in [-0.1, -0.05) is 74.5 Å². The first-order valence-electron chi connectivity index (χ1n) is 11.9. The molecule has 188 valence electrons. The van der Waals surface area contributed by atoms with Crippen LogP contribution >= 0.6 is 0 Å². The Morgan fingerprint density at radius 3 is 1.00 bits per heavy atom. The molecular weight excluding hydrogens is 464 g/mol. The molecule has 2 aromatic carbocycles. The van der Waals surface area contributed by atoms with Crippen LogP contribution in [0.5, 0.6) is 0 Å². The summed E-state index contributed by atoms with van der Waals surface area (Å²) in [6, 6.07) is 17.5. The van der Waals surface area contributed by atoms with Crippen LogP contribution in [0.15, 0.2) is 60.7 Å². The lowest BCUT2D eigenvalue weighted by Gasteiger charge is -2.66. The summed E-state index contributed by atoms with van der Waals surface area (Å²) in [6.45, 7) is 3.22. The molecule has 4 atom stereocenters. The summed E-state index contributed by atoms with van der Waals surface area (Å²) in [5.41, 5.74) is -1.66. The Labute approximate surface area is 207 Å². The first-order chi connectivity index (χ1) is 17.1. The van der Waals surface area contributed by atoms with Crippen molar-refractivity contribution in [3.8, 4) is 0 Å². The summed E-state index contributed by atoms with van der Waals surface area (Å²) in [4.78, 5) is 51.7. The van der Waals surface area contributed by atoms with Crippen molar-refractivity contribution >= 4 is 35.0 Å². The molecule has 3 aliphatic rings. The number of hydrogen-bond acceptors (Lipinski definition) is 4. The third-order valence-electron chi connectivity index (χ3n) is 8.43. The molecule has 3 aliphatic carbocycles. The van der Waals surface area contributed by atoms with Crippen LogP contribution in [0, 0.1) is 34.5 Å². The second-order valence-corrected chi connectivity index (χ2v) is 9.53. The van der Waals surface area contributed by atoms with Crippen molar-refractivity contribution in [3.63, 3.8) is 0 Å². The van der Waals surface area contributed by atoms with Gasteiger partial charge < -0.3 is 20.4 Å². The van der Waals surface area contributed by atoms with E-state index in [0.717, 1.165) is 0 Å². The minimum atomic E-state index is -1.80. The zero-order valence-electron chi connectivity index (χ0n) is 19.9. The van der Waals surface area contributed by atoms with E-state index in [2.05, 4.69) is 0 Å². The first-order valence-corrected chi connectivity index (χ1v) is 11.9. The van der Waals surface area contributed by atoms with Crippen molar-refractivity contribution in [1.29, 1.82) is 0 Å². The second-order valence-electron chi connectivity index (χ2n) is 9.53. The minimum absolute atomic E-state index is 0.0746. The number of benzene rings is 2. The van der Waals surface area contributed by atoms with Gasteiger partial charge in [0.1, 0.15) is 0 Å². The van der Waals surface area contributed by atoms with Gasteiger partial charge in [-0.15, -0.1) is 0 Å². The van der Waals surface area contributed by atoms with Crippen molar-refractivity contribution in [1.82, 2.24) is 0 Å². The van der Waals surface area contributed by atoms with Crippen molar-refractivity contribution in [2.24, 2.45) is 34.5 Å². The fourth-order valence-electron chi connectivity index (χ4n) is 7.38. The number of allylic oxidation sites excluding steroid dienone is 2. The van der Waals surface area contributed by atoms with Gasteiger partial charge in [-0.3, -0.25) is 19.2 Å². The molecule has 4 N–H and O–H groups in total. The predicted octanol–water partition coefficient (Wildman–Crippen LogP) is 4.22. The number of carboxylic acids is 4. The van der Waals surface area contributed by atoms with Crippen LogP contribution in [-0.4, -0.2) is 44.3 Å². The number of aliphatic carboxylic acids is 4. The minimum Gasteiger partial charge on any atom is -0.481 e. The molecule has 2 aromatic rings. The number of hydrogen-bond donors (Lipinski definition) is 4. The van der Waals surface area contributed by atoms with Gasteiger partial charge in [-0.05, 0) is 35.1 Å². The largest absolute Gasteiger partial charge is 0.481 e. The number of carboxylic acid groups (broad SMARTS) is 4. The number of fused-ring (bicyclic) bond motifs is 2.